The van der Waals surface area contributed by atoms with E-state index < -0.39 is 0 Å². The van der Waals surface area contributed by atoms with Crippen LogP contribution in [0.25, 0.3) is 0 Å². The molecule has 28 heavy (non-hydrogen) atoms. The Kier molecular flexibility index (Phi) is 6.62. The number of rotatable bonds is 6. The van der Waals surface area contributed by atoms with Gasteiger partial charge in [0.1, 0.15) is 5.75 Å². The predicted octanol–water partition coefficient (Wildman–Crippen LogP) is 3.42. The number of hydrogen-bond donors (Lipinski definition) is 2. The van der Waals surface area contributed by atoms with Gasteiger partial charge in [-0.25, -0.2) is 0 Å². The van der Waals surface area contributed by atoms with Gasteiger partial charge in [0.15, 0.2) is 6.61 Å². The smallest absolute Gasteiger partial charge is 0.276 e. The summed E-state index contributed by atoms with van der Waals surface area (Å²) in [6.45, 7) is 6.04. The summed E-state index contributed by atoms with van der Waals surface area (Å²) < 4.78 is 5.69. The molecule has 1 aliphatic rings. The van der Waals surface area contributed by atoms with Gasteiger partial charge in [-0.05, 0) is 86.1 Å². The molecule has 0 fully saturated rings. The summed E-state index contributed by atoms with van der Waals surface area (Å²) in [6.07, 6.45) is 3.18. The average molecular weight is 399 g/mol. The molecule has 1 aliphatic carbocycles. The van der Waals surface area contributed by atoms with Crippen molar-refractivity contribution >= 4 is 23.6 Å². The van der Waals surface area contributed by atoms with Crippen LogP contribution < -0.4 is 15.6 Å². The molecule has 2 amide bonds. The fraction of sp³-hybridized carbons (Fsp3) is 0.364. The van der Waals surface area contributed by atoms with Crippen LogP contribution >= 0.6 is 11.8 Å². The van der Waals surface area contributed by atoms with E-state index in [2.05, 4.69) is 23.8 Å². The highest BCUT2D eigenvalue weighted by atomic mass is 32.2. The van der Waals surface area contributed by atoms with E-state index in [-0.39, 0.29) is 24.2 Å². The molecule has 2 N–H and O–H groups in total. The molecule has 0 heterocycles. The molecule has 0 bridgehead atoms. The van der Waals surface area contributed by atoms with Crippen molar-refractivity contribution in [3.63, 3.8) is 0 Å². The van der Waals surface area contributed by atoms with Gasteiger partial charge >= 0.3 is 0 Å². The van der Waals surface area contributed by atoms with Crippen LogP contribution in [-0.2, 0) is 22.4 Å². The topological polar surface area (TPSA) is 67.4 Å². The Balaban J connectivity index is 1.42. The van der Waals surface area contributed by atoms with Crippen LogP contribution in [0.5, 0.6) is 5.75 Å². The first-order valence-electron chi connectivity index (χ1n) is 9.45. The third kappa shape index (κ3) is 5.29. The molecule has 0 atom stereocenters. The summed E-state index contributed by atoms with van der Waals surface area (Å²) in [4.78, 5) is 25.0. The van der Waals surface area contributed by atoms with Crippen LogP contribution in [0, 0.1) is 20.8 Å². The highest BCUT2D eigenvalue weighted by Gasteiger charge is 2.18. The van der Waals surface area contributed by atoms with E-state index >= 15 is 0 Å². The van der Waals surface area contributed by atoms with Crippen molar-refractivity contribution in [3.05, 3.63) is 58.1 Å². The first-order valence-corrected chi connectivity index (χ1v) is 10.4. The quantitative estimate of drug-likeness (QED) is 0.578. The molecule has 2 aromatic rings. The lowest BCUT2D eigenvalue weighted by Gasteiger charge is -2.13. The summed E-state index contributed by atoms with van der Waals surface area (Å²) >= 11 is 1.44. The lowest BCUT2D eigenvalue weighted by atomic mass is 10.0. The molecule has 0 saturated heterocycles. The average Bonchev–Trinajstić information content (AvgIpc) is 3.14. The zero-order chi connectivity index (χ0) is 20.1. The Morgan fingerprint density at radius 1 is 0.964 bits per heavy atom. The molecule has 6 heteroatoms. The number of aryl methyl sites for hydroxylation is 3. The monoisotopic (exact) mass is 398 g/mol. The highest BCUT2D eigenvalue weighted by molar-refractivity contribution is 8.00. The first-order chi connectivity index (χ1) is 13.4. The Morgan fingerprint density at radius 3 is 2.39 bits per heavy atom. The zero-order valence-electron chi connectivity index (χ0n) is 16.6. The molecule has 0 unspecified atom stereocenters. The number of hydrogen-bond acceptors (Lipinski definition) is 4. The first kappa shape index (κ1) is 20.3. The number of amides is 2. The Bertz CT molecular complexity index is 875. The highest BCUT2D eigenvalue weighted by Crippen LogP contribution is 2.32. The summed E-state index contributed by atoms with van der Waals surface area (Å²) in [6, 6.07) is 10.1. The molecule has 0 aromatic heterocycles. The van der Waals surface area contributed by atoms with Gasteiger partial charge in [0.2, 0.25) is 5.91 Å². The van der Waals surface area contributed by atoms with E-state index in [1.165, 1.54) is 28.5 Å². The van der Waals surface area contributed by atoms with Gasteiger partial charge in [-0.1, -0.05) is 12.1 Å². The molecular formula is C22H26N2O3S. The van der Waals surface area contributed by atoms with E-state index in [1.807, 2.05) is 38.1 Å². The maximum atomic E-state index is 12.0. The molecule has 2 aromatic carbocycles. The maximum Gasteiger partial charge on any atom is 0.276 e. The molecule has 0 radical (unpaired) electrons. The van der Waals surface area contributed by atoms with Crippen molar-refractivity contribution in [2.24, 2.45) is 0 Å². The maximum absolute atomic E-state index is 12.0. The van der Waals surface area contributed by atoms with Crippen LogP contribution in [0.3, 0.4) is 0 Å². The number of nitrogens with one attached hydrogen (secondary N) is 2. The number of ether oxygens (including phenoxy) is 1. The number of carbonyl (C=O) groups is 2. The second kappa shape index (κ2) is 9.15. The van der Waals surface area contributed by atoms with Gasteiger partial charge in [0, 0.05) is 4.90 Å². The Labute approximate surface area is 170 Å². The van der Waals surface area contributed by atoms with Gasteiger partial charge in [0.25, 0.3) is 5.91 Å². The van der Waals surface area contributed by atoms with Crippen molar-refractivity contribution in [2.45, 2.75) is 44.9 Å². The van der Waals surface area contributed by atoms with E-state index in [0.29, 0.717) is 0 Å². The van der Waals surface area contributed by atoms with E-state index in [1.54, 1.807) is 0 Å². The second-order valence-corrected chi connectivity index (χ2v) is 8.24. The summed E-state index contributed by atoms with van der Waals surface area (Å²) in [5.74, 6) is 0.367. The van der Waals surface area contributed by atoms with E-state index in [4.69, 9.17) is 4.74 Å². The van der Waals surface area contributed by atoms with Crippen LogP contribution in [-0.4, -0.2) is 24.2 Å². The number of fused-ring (bicyclic) bond motifs is 1. The standard InChI is InChI=1S/C22H26N2O3S/c1-14-9-15(2)11-17(10-14)28-13-22(26)24-23-21(25)12-27-20-8-7-16(3)18-5-4-6-19(18)20/h7-11H,4-6,12-13H2,1-3H3,(H,23,25)(H,24,26). The fourth-order valence-electron chi connectivity index (χ4n) is 3.51. The van der Waals surface area contributed by atoms with Crippen molar-refractivity contribution in [3.8, 4) is 5.75 Å². The van der Waals surface area contributed by atoms with Gasteiger partial charge in [-0.3, -0.25) is 20.4 Å². The number of benzene rings is 2. The van der Waals surface area contributed by atoms with Gasteiger partial charge in [-0.15, -0.1) is 11.8 Å². The predicted molar refractivity (Wildman–Crippen MR) is 112 cm³/mol. The van der Waals surface area contributed by atoms with Crippen LogP contribution in [0.1, 0.15) is 34.2 Å². The minimum Gasteiger partial charge on any atom is -0.483 e. The Hall–Kier alpha value is -2.47. The lowest BCUT2D eigenvalue weighted by Crippen LogP contribution is -2.44. The normalized spacial score (nSPS) is 12.4. The van der Waals surface area contributed by atoms with Crippen LogP contribution in [0.15, 0.2) is 35.2 Å². The van der Waals surface area contributed by atoms with Gasteiger partial charge < -0.3 is 4.74 Å². The van der Waals surface area contributed by atoms with Crippen LogP contribution in [0.4, 0.5) is 0 Å². The molecule has 3 rings (SSSR count). The number of thioether (sulfide) groups is 1. The molecule has 5 nitrogen and oxygen atoms in total. The van der Waals surface area contributed by atoms with Crippen molar-refractivity contribution < 1.29 is 14.3 Å². The SMILES string of the molecule is Cc1cc(C)cc(SCC(=O)NNC(=O)COc2ccc(C)c3c2CCC3)c1. The third-order valence-corrected chi connectivity index (χ3v) is 5.72. The molecular weight excluding hydrogens is 372 g/mol. The summed E-state index contributed by atoms with van der Waals surface area (Å²) in [7, 11) is 0. The third-order valence-electron chi connectivity index (χ3n) is 4.74. The second-order valence-electron chi connectivity index (χ2n) is 7.19. The summed E-state index contributed by atoms with van der Waals surface area (Å²) in [5, 5.41) is 0. The minimum atomic E-state index is -0.378. The van der Waals surface area contributed by atoms with Crippen molar-refractivity contribution in [2.75, 3.05) is 12.4 Å². The number of carbonyl (C=O) groups excluding carboxylic acids is 2. The largest absolute Gasteiger partial charge is 0.483 e. The van der Waals surface area contributed by atoms with Gasteiger partial charge in [0.05, 0.1) is 5.75 Å². The van der Waals surface area contributed by atoms with E-state index in [9.17, 15) is 9.59 Å². The van der Waals surface area contributed by atoms with Gasteiger partial charge in [-0.2, -0.15) is 0 Å². The lowest BCUT2D eigenvalue weighted by molar-refractivity contribution is -0.128. The van der Waals surface area contributed by atoms with Crippen molar-refractivity contribution in [1.82, 2.24) is 10.9 Å². The molecule has 148 valence electrons. The van der Waals surface area contributed by atoms with Crippen molar-refractivity contribution in [1.29, 1.82) is 0 Å². The zero-order valence-corrected chi connectivity index (χ0v) is 17.4. The summed E-state index contributed by atoms with van der Waals surface area (Å²) in [5.41, 5.74) is 11.0. The van der Waals surface area contributed by atoms with Crippen LogP contribution in [0.2, 0.25) is 0 Å². The number of hydrazine groups is 1. The Morgan fingerprint density at radius 2 is 1.64 bits per heavy atom. The molecule has 0 spiro atoms. The fourth-order valence-corrected chi connectivity index (χ4v) is 4.42. The minimum absolute atomic E-state index is 0.125. The molecule has 0 saturated carbocycles. The molecule has 0 aliphatic heterocycles. The van der Waals surface area contributed by atoms with E-state index in [0.717, 1.165) is 41.0 Å².